The highest BCUT2D eigenvalue weighted by molar-refractivity contribution is 5.77. The summed E-state index contributed by atoms with van der Waals surface area (Å²) in [5.41, 5.74) is 4.12. The minimum Gasteiger partial charge on any atom is -0.349 e. The number of H-pyrrole nitrogens is 1. The average Bonchev–Trinajstić information content (AvgIpc) is 3.22. The van der Waals surface area contributed by atoms with E-state index in [1.54, 1.807) is 12.1 Å². The van der Waals surface area contributed by atoms with Crippen molar-refractivity contribution in [1.29, 1.82) is 0 Å². The topological polar surface area (TPSA) is 66.9 Å². The molecule has 144 valence electrons. The van der Waals surface area contributed by atoms with Crippen molar-refractivity contribution in [2.45, 2.75) is 38.6 Å². The van der Waals surface area contributed by atoms with Crippen molar-refractivity contribution in [3.8, 4) is 5.69 Å². The van der Waals surface area contributed by atoms with E-state index in [2.05, 4.69) is 22.5 Å². The maximum absolute atomic E-state index is 13.1. The fourth-order valence-corrected chi connectivity index (χ4v) is 3.86. The first kappa shape index (κ1) is 18.2. The second-order valence-electron chi connectivity index (χ2n) is 7.19. The highest BCUT2D eigenvalue weighted by atomic mass is 19.1. The zero-order valence-corrected chi connectivity index (χ0v) is 15.7. The minimum atomic E-state index is -0.356. The van der Waals surface area contributed by atoms with Crippen LogP contribution in [0.2, 0.25) is 0 Å². The first-order valence-electron chi connectivity index (χ1n) is 9.46. The van der Waals surface area contributed by atoms with Gasteiger partial charge in [0, 0.05) is 17.7 Å². The van der Waals surface area contributed by atoms with Crippen LogP contribution >= 0.6 is 0 Å². The Kier molecular flexibility index (Phi) is 4.86. The maximum atomic E-state index is 13.1. The highest BCUT2D eigenvalue weighted by Gasteiger charge is 2.23. The summed E-state index contributed by atoms with van der Waals surface area (Å²) in [5, 5.41) is 6.10. The standard InChI is InChI=1S/C22H22FN3O2/c1-14-18(22(28)26(25-14)17-9-7-16(23)8-10-17)11-13-21(27)24-20-12-6-15-4-2-3-5-19(15)20/h2-5,7-10,20,25H,6,11-13H2,1H3,(H,24,27)/t20-/m1/s1. The number of fused-ring (bicyclic) bond motifs is 1. The number of nitrogens with zero attached hydrogens (tertiary/aromatic N) is 1. The number of amides is 1. The number of aryl methyl sites for hydroxylation is 2. The van der Waals surface area contributed by atoms with Crippen molar-refractivity contribution in [1.82, 2.24) is 15.1 Å². The van der Waals surface area contributed by atoms with E-state index < -0.39 is 0 Å². The molecule has 0 spiro atoms. The van der Waals surface area contributed by atoms with Gasteiger partial charge >= 0.3 is 0 Å². The molecule has 28 heavy (non-hydrogen) atoms. The van der Waals surface area contributed by atoms with Crippen LogP contribution in [0.15, 0.2) is 53.3 Å². The summed E-state index contributed by atoms with van der Waals surface area (Å²) >= 11 is 0. The van der Waals surface area contributed by atoms with Crippen molar-refractivity contribution in [2.75, 3.05) is 0 Å². The Morgan fingerprint density at radius 3 is 2.75 bits per heavy atom. The van der Waals surface area contributed by atoms with Crippen molar-refractivity contribution >= 4 is 5.91 Å². The number of carbonyl (C=O) groups excluding carboxylic acids is 1. The van der Waals surface area contributed by atoms with Crippen molar-refractivity contribution in [2.24, 2.45) is 0 Å². The molecule has 0 saturated heterocycles. The number of hydrogen-bond acceptors (Lipinski definition) is 2. The van der Waals surface area contributed by atoms with Crippen LogP contribution in [0.25, 0.3) is 5.69 Å². The molecule has 1 heterocycles. The fraction of sp³-hybridized carbons (Fsp3) is 0.273. The average molecular weight is 379 g/mol. The predicted molar refractivity (Wildman–Crippen MR) is 105 cm³/mol. The Morgan fingerprint density at radius 2 is 1.96 bits per heavy atom. The molecule has 6 heteroatoms. The fourth-order valence-electron chi connectivity index (χ4n) is 3.86. The van der Waals surface area contributed by atoms with E-state index in [-0.39, 0.29) is 29.7 Å². The Bertz CT molecular complexity index is 1070. The van der Waals surface area contributed by atoms with Gasteiger partial charge in [0.15, 0.2) is 0 Å². The van der Waals surface area contributed by atoms with Crippen LogP contribution < -0.4 is 10.9 Å². The Balaban J connectivity index is 1.43. The molecule has 3 aromatic rings. The number of halogens is 1. The summed E-state index contributed by atoms with van der Waals surface area (Å²) in [6.45, 7) is 1.81. The maximum Gasteiger partial charge on any atom is 0.274 e. The van der Waals surface area contributed by atoms with Crippen molar-refractivity contribution < 1.29 is 9.18 Å². The number of carbonyl (C=O) groups is 1. The summed E-state index contributed by atoms with van der Waals surface area (Å²) in [6.07, 6.45) is 2.48. The quantitative estimate of drug-likeness (QED) is 0.714. The lowest BCUT2D eigenvalue weighted by Crippen LogP contribution is -2.28. The molecule has 1 aromatic heterocycles. The number of nitrogens with one attached hydrogen (secondary N) is 2. The molecule has 0 unspecified atom stereocenters. The molecule has 4 rings (SSSR count). The number of benzene rings is 2. The second kappa shape index (κ2) is 7.46. The van der Waals surface area contributed by atoms with E-state index in [0.717, 1.165) is 12.8 Å². The summed E-state index contributed by atoms with van der Waals surface area (Å²) in [6, 6.07) is 13.9. The van der Waals surface area contributed by atoms with Gasteiger partial charge in [-0.25, -0.2) is 9.07 Å². The molecule has 0 saturated carbocycles. The van der Waals surface area contributed by atoms with Crippen LogP contribution in [-0.2, 0) is 17.6 Å². The van der Waals surface area contributed by atoms with Gasteiger partial charge < -0.3 is 5.32 Å². The highest BCUT2D eigenvalue weighted by Crippen LogP contribution is 2.30. The second-order valence-corrected chi connectivity index (χ2v) is 7.19. The molecule has 0 bridgehead atoms. The first-order valence-corrected chi connectivity index (χ1v) is 9.46. The summed E-state index contributed by atoms with van der Waals surface area (Å²) < 4.78 is 14.5. The molecular formula is C22H22FN3O2. The zero-order chi connectivity index (χ0) is 19.7. The van der Waals surface area contributed by atoms with E-state index in [4.69, 9.17) is 0 Å². The van der Waals surface area contributed by atoms with Crippen LogP contribution in [-0.4, -0.2) is 15.7 Å². The lowest BCUT2D eigenvalue weighted by atomic mass is 10.1. The van der Waals surface area contributed by atoms with Gasteiger partial charge in [-0.3, -0.25) is 14.7 Å². The Hall–Kier alpha value is -3.15. The van der Waals surface area contributed by atoms with E-state index >= 15 is 0 Å². The molecule has 2 N–H and O–H groups in total. The van der Waals surface area contributed by atoms with Crippen LogP contribution in [0.5, 0.6) is 0 Å². The van der Waals surface area contributed by atoms with Gasteiger partial charge in [-0.1, -0.05) is 24.3 Å². The van der Waals surface area contributed by atoms with Gasteiger partial charge in [0.2, 0.25) is 5.91 Å². The van der Waals surface area contributed by atoms with E-state index in [0.29, 0.717) is 23.4 Å². The van der Waals surface area contributed by atoms with Crippen LogP contribution in [0.1, 0.15) is 41.3 Å². The Morgan fingerprint density at radius 1 is 1.21 bits per heavy atom. The van der Waals surface area contributed by atoms with Gasteiger partial charge in [0.1, 0.15) is 5.82 Å². The largest absolute Gasteiger partial charge is 0.349 e. The molecule has 0 fully saturated rings. The molecule has 1 aliphatic carbocycles. The van der Waals surface area contributed by atoms with Crippen molar-refractivity contribution in [3.63, 3.8) is 0 Å². The van der Waals surface area contributed by atoms with Gasteiger partial charge in [-0.05, 0) is 61.6 Å². The smallest absolute Gasteiger partial charge is 0.274 e. The predicted octanol–water partition coefficient (Wildman–Crippen LogP) is 3.35. The van der Waals surface area contributed by atoms with Gasteiger partial charge in [-0.15, -0.1) is 0 Å². The monoisotopic (exact) mass is 379 g/mol. The summed E-state index contributed by atoms with van der Waals surface area (Å²) in [7, 11) is 0. The molecule has 0 aliphatic heterocycles. The molecule has 1 aliphatic rings. The lowest BCUT2D eigenvalue weighted by molar-refractivity contribution is -0.121. The minimum absolute atomic E-state index is 0.0481. The molecule has 5 nitrogen and oxygen atoms in total. The van der Waals surface area contributed by atoms with E-state index in [1.165, 1.54) is 27.9 Å². The normalized spacial score (nSPS) is 15.4. The third kappa shape index (κ3) is 3.50. The number of aromatic amines is 1. The number of hydrogen-bond donors (Lipinski definition) is 2. The lowest BCUT2D eigenvalue weighted by Gasteiger charge is -2.13. The van der Waals surface area contributed by atoms with Crippen LogP contribution in [0.3, 0.4) is 0 Å². The van der Waals surface area contributed by atoms with Crippen LogP contribution in [0.4, 0.5) is 4.39 Å². The number of aromatic nitrogens is 2. The third-order valence-corrected chi connectivity index (χ3v) is 5.35. The summed E-state index contributed by atoms with van der Waals surface area (Å²) in [5.74, 6) is -0.416. The zero-order valence-electron chi connectivity index (χ0n) is 15.7. The molecular weight excluding hydrogens is 357 g/mol. The SMILES string of the molecule is Cc1[nH]n(-c2ccc(F)cc2)c(=O)c1CCC(=O)N[C@@H]1CCc2ccccc21. The van der Waals surface area contributed by atoms with Gasteiger partial charge in [-0.2, -0.15) is 0 Å². The van der Waals surface area contributed by atoms with E-state index in [1.807, 2.05) is 19.1 Å². The van der Waals surface area contributed by atoms with Gasteiger partial charge in [0.25, 0.3) is 5.56 Å². The summed E-state index contributed by atoms with van der Waals surface area (Å²) in [4.78, 5) is 25.1. The first-order chi connectivity index (χ1) is 13.5. The van der Waals surface area contributed by atoms with Crippen LogP contribution in [0, 0.1) is 12.7 Å². The van der Waals surface area contributed by atoms with E-state index in [9.17, 15) is 14.0 Å². The Labute approximate surface area is 162 Å². The number of rotatable bonds is 5. The molecule has 0 radical (unpaired) electrons. The van der Waals surface area contributed by atoms with Crippen molar-refractivity contribution in [3.05, 3.63) is 87.1 Å². The molecule has 1 atom stereocenters. The van der Waals surface area contributed by atoms with Gasteiger partial charge in [0.05, 0.1) is 11.7 Å². The third-order valence-electron chi connectivity index (χ3n) is 5.35. The molecule has 1 amide bonds. The molecule has 2 aromatic carbocycles.